The van der Waals surface area contributed by atoms with Crippen LogP contribution in [0.1, 0.15) is 5.82 Å². The van der Waals surface area contributed by atoms with Crippen molar-refractivity contribution in [3.8, 4) is 5.69 Å². The van der Waals surface area contributed by atoms with E-state index in [0.29, 0.717) is 16.3 Å². The van der Waals surface area contributed by atoms with Crippen LogP contribution in [0, 0.1) is 21.8 Å². The van der Waals surface area contributed by atoms with Crippen LogP contribution in [0.3, 0.4) is 0 Å². The monoisotopic (exact) mass is 236 g/mol. The Labute approximate surface area is 95.7 Å². The minimum Gasteiger partial charge on any atom is -0.266 e. The zero-order chi connectivity index (χ0) is 11.7. The number of aromatic amines is 1. The Hall–Kier alpha value is -2.02. The van der Waals surface area contributed by atoms with Crippen LogP contribution in [0.25, 0.3) is 5.69 Å². The van der Waals surface area contributed by atoms with Crippen molar-refractivity contribution < 1.29 is 4.92 Å². The van der Waals surface area contributed by atoms with Crippen LogP contribution in [0.2, 0.25) is 0 Å². The second-order valence-electron chi connectivity index (χ2n) is 3.16. The lowest BCUT2D eigenvalue weighted by Crippen LogP contribution is -2.01. The van der Waals surface area contributed by atoms with E-state index in [2.05, 4.69) is 10.2 Å². The third kappa shape index (κ3) is 1.61. The van der Waals surface area contributed by atoms with Crippen LogP contribution in [-0.2, 0) is 0 Å². The maximum Gasteiger partial charge on any atom is 0.293 e. The lowest BCUT2D eigenvalue weighted by Gasteiger charge is -2.04. The molecule has 6 nitrogen and oxygen atoms in total. The van der Waals surface area contributed by atoms with Crippen molar-refractivity contribution in [2.45, 2.75) is 6.92 Å². The third-order valence-corrected chi connectivity index (χ3v) is 2.43. The topological polar surface area (TPSA) is 76.8 Å². The molecule has 1 aromatic carbocycles. The molecule has 0 fully saturated rings. The Balaban J connectivity index is 2.74. The summed E-state index contributed by atoms with van der Waals surface area (Å²) in [5.74, 6) is 0.583. The van der Waals surface area contributed by atoms with Gasteiger partial charge in [-0.25, -0.2) is 0 Å². The van der Waals surface area contributed by atoms with Gasteiger partial charge in [-0.15, -0.1) is 0 Å². The number of aromatic nitrogens is 3. The second-order valence-corrected chi connectivity index (χ2v) is 3.54. The summed E-state index contributed by atoms with van der Waals surface area (Å²) >= 11 is 5.02. The van der Waals surface area contributed by atoms with E-state index >= 15 is 0 Å². The van der Waals surface area contributed by atoms with Gasteiger partial charge in [-0.1, -0.05) is 12.1 Å². The molecule has 0 aliphatic rings. The first kappa shape index (κ1) is 10.5. The van der Waals surface area contributed by atoms with E-state index in [-0.39, 0.29) is 5.69 Å². The highest BCUT2D eigenvalue weighted by molar-refractivity contribution is 7.71. The normalized spacial score (nSPS) is 10.3. The van der Waals surface area contributed by atoms with Crippen LogP contribution in [-0.4, -0.2) is 19.7 Å². The largest absolute Gasteiger partial charge is 0.293 e. The SMILES string of the molecule is Cc1n[nH]c(=S)n1-c1ccccc1[N+](=O)[O-]. The van der Waals surface area contributed by atoms with Crippen molar-refractivity contribution in [1.82, 2.24) is 14.8 Å². The van der Waals surface area contributed by atoms with Crippen molar-refractivity contribution in [2.24, 2.45) is 0 Å². The Morgan fingerprint density at radius 1 is 1.50 bits per heavy atom. The van der Waals surface area contributed by atoms with Gasteiger partial charge in [0.15, 0.2) is 4.77 Å². The number of para-hydroxylation sites is 2. The number of rotatable bonds is 2. The summed E-state index contributed by atoms with van der Waals surface area (Å²) in [7, 11) is 0. The van der Waals surface area contributed by atoms with E-state index in [0.717, 1.165) is 0 Å². The highest BCUT2D eigenvalue weighted by atomic mass is 32.1. The predicted molar refractivity (Wildman–Crippen MR) is 60.1 cm³/mol. The van der Waals surface area contributed by atoms with E-state index in [1.807, 2.05) is 0 Å². The van der Waals surface area contributed by atoms with E-state index in [1.54, 1.807) is 25.1 Å². The summed E-state index contributed by atoms with van der Waals surface area (Å²) in [5.41, 5.74) is 0.423. The summed E-state index contributed by atoms with van der Waals surface area (Å²) in [4.78, 5) is 10.4. The fourth-order valence-corrected chi connectivity index (χ4v) is 1.74. The number of nitro benzene ring substituents is 1. The zero-order valence-electron chi connectivity index (χ0n) is 8.38. The summed E-state index contributed by atoms with van der Waals surface area (Å²) in [6, 6.07) is 6.40. The van der Waals surface area contributed by atoms with Gasteiger partial charge in [-0.2, -0.15) is 5.10 Å². The van der Waals surface area contributed by atoms with Gasteiger partial charge in [0.05, 0.1) is 4.92 Å². The molecule has 2 rings (SSSR count). The molecule has 0 unspecified atom stereocenters. The third-order valence-electron chi connectivity index (χ3n) is 2.16. The first-order chi connectivity index (χ1) is 7.61. The number of benzene rings is 1. The molecule has 0 bridgehead atoms. The quantitative estimate of drug-likeness (QED) is 0.492. The molecule has 7 heteroatoms. The number of nitro groups is 1. The molecule has 0 saturated carbocycles. The first-order valence-corrected chi connectivity index (χ1v) is 4.90. The van der Waals surface area contributed by atoms with Gasteiger partial charge in [-0.05, 0) is 25.2 Å². The smallest absolute Gasteiger partial charge is 0.266 e. The summed E-state index contributed by atoms with van der Waals surface area (Å²) in [5, 5.41) is 17.4. The van der Waals surface area contributed by atoms with Gasteiger partial charge >= 0.3 is 0 Å². The van der Waals surface area contributed by atoms with Crippen LogP contribution in [0.5, 0.6) is 0 Å². The molecule has 0 radical (unpaired) electrons. The molecule has 0 amide bonds. The standard InChI is InChI=1S/C9H8N4O2S/c1-6-10-11-9(16)12(6)7-4-2-3-5-8(7)13(14)15/h2-5H,1H3,(H,11,16). The Kier molecular flexibility index (Phi) is 2.53. The Bertz CT molecular complexity index is 602. The molecule has 0 aliphatic heterocycles. The molecular weight excluding hydrogens is 228 g/mol. The van der Waals surface area contributed by atoms with Gasteiger partial charge in [-0.3, -0.25) is 19.8 Å². The molecule has 0 saturated heterocycles. The molecule has 0 atom stereocenters. The molecule has 1 aromatic heterocycles. The molecule has 1 N–H and O–H groups in total. The Morgan fingerprint density at radius 2 is 2.19 bits per heavy atom. The van der Waals surface area contributed by atoms with E-state index in [4.69, 9.17) is 12.2 Å². The number of nitrogens with one attached hydrogen (secondary N) is 1. The first-order valence-electron chi connectivity index (χ1n) is 4.49. The second kappa shape index (κ2) is 3.86. The van der Waals surface area contributed by atoms with Crippen molar-refractivity contribution in [3.63, 3.8) is 0 Å². The molecule has 1 heterocycles. The van der Waals surface area contributed by atoms with Gasteiger partial charge in [0.1, 0.15) is 11.5 Å². The summed E-state index contributed by atoms with van der Waals surface area (Å²) in [6.07, 6.45) is 0. The average Bonchev–Trinajstić information content (AvgIpc) is 2.58. The highest BCUT2D eigenvalue weighted by Gasteiger charge is 2.16. The molecule has 82 valence electrons. The van der Waals surface area contributed by atoms with Crippen molar-refractivity contribution in [1.29, 1.82) is 0 Å². The molecule has 2 aromatic rings. The fourth-order valence-electron chi connectivity index (χ4n) is 1.47. The number of hydrogen-bond acceptors (Lipinski definition) is 4. The molecule has 0 spiro atoms. The summed E-state index contributed by atoms with van der Waals surface area (Å²) < 4.78 is 1.87. The van der Waals surface area contributed by atoms with Crippen LogP contribution in [0.15, 0.2) is 24.3 Å². The lowest BCUT2D eigenvalue weighted by molar-refractivity contribution is -0.384. The number of aryl methyl sites for hydroxylation is 1. The lowest BCUT2D eigenvalue weighted by atomic mass is 10.2. The maximum atomic E-state index is 10.9. The molecule has 16 heavy (non-hydrogen) atoms. The summed E-state index contributed by atoms with van der Waals surface area (Å²) in [6.45, 7) is 1.73. The van der Waals surface area contributed by atoms with Gasteiger partial charge in [0.2, 0.25) is 0 Å². The van der Waals surface area contributed by atoms with Crippen molar-refractivity contribution in [3.05, 3.63) is 45.0 Å². The van der Waals surface area contributed by atoms with Crippen molar-refractivity contribution >= 4 is 17.9 Å². The van der Waals surface area contributed by atoms with Crippen LogP contribution in [0.4, 0.5) is 5.69 Å². The Morgan fingerprint density at radius 3 is 2.75 bits per heavy atom. The fraction of sp³-hybridized carbons (Fsp3) is 0.111. The van der Waals surface area contributed by atoms with Crippen LogP contribution < -0.4 is 0 Å². The average molecular weight is 236 g/mol. The zero-order valence-corrected chi connectivity index (χ0v) is 9.19. The molecular formula is C9H8N4O2S. The van der Waals surface area contributed by atoms with Gasteiger partial charge in [0.25, 0.3) is 5.69 Å². The molecule has 0 aliphatic carbocycles. The van der Waals surface area contributed by atoms with Gasteiger partial charge < -0.3 is 0 Å². The van der Waals surface area contributed by atoms with E-state index in [1.165, 1.54) is 10.6 Å². The number of nitrogens with zero attached hydrogens (tertiary/aromatic N) is 3. The minimum absolute atomic E-state index is 0.00287. The number of H-pyrrole nitrogens is 1. The minimum atomic E-state index is -0.441. The maximum absolute atomic E-state index is 10.9. The van der Waals surface area contributed by atoms with Crippen molar-refractivity contribution in [2.75, 3.05) is 0 Å². The van der Waals surface area contributed by atoms with E-state index in [9.17, 15) is 10.1 Å². The van der Waals surface area contributed by atoms with E-state index < -0.39 is 4.92 Å². The highest BCUT2D eigenvalue weighted by Crippen LogP contribution is 2.22. The predicted octanol–water partition coefficient (Wildman–Crippen LogP) is 2.15. The van der Waals surface area contributed by atoms with Gasteiger partial charge in [0, 0.05) is 6.07 Å². The number of hydrogen-bond donors (Lipinski definition) is 1. The van der Waals surface area contributed by atoms with Crippen LogP contribution >= 0.6 is 12.2 Å².